The fourth-order valence-corrected chi connectivity index (χ4v) is 4.73. The molecule has 0 aliphatic carbocycles. The van der Waals surface area contributed by atoms with Crippen molar-refractivity contribution in [3.8, 4) is 33.5 Å². The first-order valence-electron chi connectivity index (χ1n) is 12.0. The van der Waals surface area contributed by atoms with Crippen LogP contribution in [-0.2, 0) is 4.79 Å². The van der Waals surface area contributed by atoms with Crippen LogP contribution in [0.5, 0.6) is 0 Å². The van der Waals surface area contributed by atoms with Gasteiger partial charge in [-0.1, -0.05) is 47.5 Å². The summed E-state index contributed by atoms with van der Waals surface area (Å²) >= 11 is 13.0. The number of aromatic amines is 1. The molecule has 3 N–H and O–H groups in total. The van der Waals surface area contributed by atoms with E-state index in [-0.39, 0.29) is 17.2 Å². The molecular weight excluding hydrogens is 539 g/mol. The number of hydrogen-bond acceptors (Lipinski definition) is 6. The topological polar surface area (TPSA) is 121 Å². The summed E-state index contributed by atoms with van der Waals surface area (Å²) in [5, 5.41) is 21.5. The number of aromatic nitrogens is 3. The van der Waals surface area contributed by atoms with Gasteiger partial charge in [-0.3, -0.25) is 14.7 Å². The fourth-order valence-electron chi connectivity index (χ4n) is 4.33. The van der Waals surface area contributed by atoms with Gasteiger partial charge in [-0.15, -0.1) is 0 Å². The molecule has 8 nitrogen and oxygen atoms in total. The number of fused-ring (bicyclic) bond motifs is 1. The third-order valence-electron chi connectivity index (χ3n) is 6.27. The number of carbonyl (C=O) groups is 2. The second kappa shape index (κ2) is 9.96. The number of amides is 1. The maximum Gasteiger partial charge on any atom is 0.231 e. The molecule has 0 bridgehead atoms. The minimum atomic E-state index is -1.74. The van der Waals surface area contributed by atoms with Crippen LogP contribution < -0.4 is 5.32 Å². The average Bonchev–Trinajstić information content (AvgIpc) is 3.45. The van der Waals surface area contributed by atoms with Crippen LogP contribution in [0.4, 0.5) is 5.69 Å². The molecule has 3 aromatic heterocycles. The first-order chi connectivity index (χ1) is 18.4. The van der Waals surface area contributed by atoms with Crippen molar-refractivity contribution < 1.29 is 19.1 Å². The number of H-pyrrole nitrogens is 1. The van der Waals surface area contributed by atoms with E-state index in [1.165, 1.54) is 20.8 Å². The van der Waals surface area contributed by atoms with Gasteiger partial charge in [-0.05, 0) is 56.2 Å². The van der Waals surface area contributed by atoms with Gasteiger partial charge in [0, 0.05) is 34.3 Å². The summed E-state index contributed by atoms with van der Waals surface area (Å²) in [6.07, 6.45) is 1.73. The van der Waals surface area contributed by atoms with E-state index in [4.69, 9.17) is 32.6 Å². The molecule has 0 aliphatic rings. The highest BCUT2D eigenvalue weighted by Gasteiger charge is 2.33. The van der Waals surface area contributed by atoms with Gasteiger partial charge in [0.1, 0.15) is 11.3 Å². The molecule has 0 spiro atoms. The van der Waals surface area contributed by atoms with Crippen LogP contribution in [0.1, 0.15) is 37.0 Å². The lowest BCUT2D eigenvalue weighted by Crippen LogP contribution is -2.31. The fraction of sp³-hybridized carbons (Fsp3) is 0.172. The van der Waals surface area contributed by atoms with Crippen LogP contribution in [0.15, 0.2) is 59.1 Å². The van der Waals surface area contributed by atoms with Gasteiger partial charge in [0.25, 0.3) is 0 Å². The van der Waals surface area contributed by atoms with Crippen molar-refractivity contribution in [1.29, 1.82) is 0 Å². The third-order valence-corrected chi connectivity index (χ3v) is 6.83. The van der Waals surface area contributed by atoms with Crippen molar-refractivity contribution in [2.45, 2.75) is 33.3 Å². The van der Waals surface area contributed by atoms with E-state index >= 15 is 0 Å². The van der Waals surface area contributed by atoms with Crippen LogP contribution in [0.25, 0.3) is 44.6 Å². The summed E-state index contributed by atoms with van der Waals surface area (Å²) in [5.41, 5.74) is 3.78. The minimum absolute atomic E-state index is 0.102. The third kappa shape index (κ3) is 5.06. The zero-order valence-electron chi connectivity index (χ0n) is 21.5. The smallest absolute Gasteiger partial charge is 0.231 e. The summed E-state index contributed by atoms with van der Waals surface area (Å²) in [6.45, 7) is 5.94. The molecule has 0 saturated carbocycles. The molecule has 0 atom stereocenters. The second-order valence-corrected chi connectivity index (χ2v) is 10.6. The Hall–Kier alpha value is -3.98. The Balaban J connectivity index is 1.78. The molecule has 3 heterocycles. The van der Waals surface area contributed by atoms with Gasteiger partial charge in [0.2, 0.25) is 17.4 Å². The lowest BCUT2D eigenvalue weighted by Gasteiger charge is -2.14. The molecular formula is C29H24Cl2N4O4. The highest BCUT2D eigenvalue weighted by atomic mass is 35.5. The molecule has 39 heavy (non-hydrogen) atoms. The molecule has 2 aromatic carbocycles. The van der Waals surface area contributed by atoms with Crippen LogP contribution in [0.3, 0.4) is 0 Å². The molecule has 5 rings (SSSR count). The number of aliphatic hydroxyl groups is 1. The number of ketones is 1. The van der Waals surface area contributed by atoms with E-state index < -0.39 is 17.3 Å². The minimum Gasteiger partial charge on any atom is -0.432 e. The molecule has 1 amide bonds. The van der Waals surface area contributed by atoms with Gasteiger partial charge >= 0.3 is 0 Å². The Labute approximate surface area is 234 Å². The molecule has 5 aromatic rings. The lowest BCUT2D eigenvalue weighted by atomic mass is 9.96. The first-order valence-corrected chi connectivity index (χ1v) is 12.8. The SMILES string of the molecule is CC(=O)Nc1c(C(=O)C(C)(C)O)oc2nc(-c3ccc(-c4cn[nH]c4C)cc3Cl)c(-c3ccc(Cl)cc3)cc12. The number of rotatable bonds is 6. The summed E-state index contributed by atoms with van der Waals surface area (Å²) in [4.78, 5) is 29.9. The summed E-state index contributed by atoms with van der Waals surface area (Å²) in [7, 11) is 0. The number of Topliss-reactive ketones (excluding diaryl/α,β-unsaturated/α-hetero) is 1. The Morgan fingerprint density at radius 3 is 2.28 bits per heavy atom. The monoisotopic (exact) mass is 562 g/mol. The number of aryl methyl sites for hydroxylation is 1. The maximum atomic E-state index is 13.1. The van der Waals surface area contributed by atoms with Crippen molar-refractivity contribution in [2.75, 3.05) is 5.32 Å². The Morgan fingerprint density at radius 2 is 1.69 bits per heavy atom. The van der Waals surface area contributed by atoms with E-state index in [9.17, 15) is 14.7 Å². The van der Waals surface area contributed by atoms with E-state index in [1.807, 2.05) is 37.3 Å². The number of halogens is 2. The summed E-state index contributed by atoms with van der Waals surface area (Å²) in [5.74, 6) is -1.30. The number of benzene rings is 2. The molecule has 0 radical (unpaired) electrons. The second-order valence-electron chi connectivity index (χ2n) is 9.72. The molecule has 0 aliphatic heterocycles. The van der Waals surface area contributed by atoms with Gasteiger partial charge in [0.05, 0.1) is 22.3 Å². The molecule has 10 heteroatoms. The molecule has 0 unspecified atom stereocenters. The van der Waals surface area contributed by atoms with Crippen molar-refractivity contribution >= 4 is 51.7 Å². The van der Waals surface area contributed by atoms with Crippen molar-refractivity contribution in [3.63, 3.8) is 0 Å². The Kier molecular flexibility index (Phi) is 6.80. The number of furan rings is 1. The van der Waals surface area contributed by atoms with E-state index in [0.717, 1.165) is 22.4 Å². The zero-order chi connectivity index (χ0) is 28.1. The van der Waals surface area contributed by atoms with Crippen LogP contribution in [0.2, 0.25) is 10.0 Å². The van der Waals surface area contributed by atoms with Crippen LogP contribution >= 0.6 is 23.2 Å². The van der Waals surface area contributed by atoms with Gasteiger partial charge in [-0.2, -0.15) is 5.10 Å². The lowest BCUT2D eigenvalue weighted by molar-refractivity contribution is -0.114. The normalized spacial score (nSPS) is 11.7. The highest BCUT2D eigenvalue weighted by molar-refractivity contribution is 6.34. The molecule has 0 saturated heterocycles. The quantitative estimate of drug-likeness (QED) is 0.190. The molecule has 0 fully saturated rings. The number of carbonyl (C=O) groups excluding carboxylic acids is 2. The predicted molar refractivity (Wildman–Crippen MR) is 152 cm³/mol. The number of pyridine rings is 1. The number of nitrogens with zero attached hydrogens (tertiary/aromatic N) is 2. The number of anilines is 1. The summed E-state index contributed by atoms with van der Waals surface area (Å²) in [6, 6.07) is 14.6. The first kappa shape index (κ1) is 26.6. The van der Waals surface area contributed by atoms with Gasteiger partial charge in [-0.25, -0.2) is 4.98 Å². The standard InChI is InChI=1S/C29H24Cl2N4O4/c1-14-22(13-32-35-14)17-7-10-19(23(31)11-17)24-20(16-5-8-18(30)9-6-16)12-21-25(33-15(2)36)26(39-28(21)34-24)27(37)29(3,4)38/h5-13,38H,1-4H3,(H,32,35)(H,33,36). The van der Waals surface area contributed by atoms with Crippen molar-refractivity contribution in [2.24, 2.45) is 0 Å². The van der Waals surface area contributed by atoms with Crippen LogP contribution in [0, 0.1) is 6.92 Å². The highest BCUT2D eigenvalue weighted by Crippen LogP contribution is 2.42. The summed E-state index contributed by atoms with van der Waals surface area (Å²) < 4.78 is 5.89. The Morgan fingerprint density at radius 1 is 1.00 bits per heavy atom. The average molecular weight is 563 g/mol. The van der Waals surface area contributed by atoms with E-state index in [0.29, 0.717) is 32.3 Å². The van der Waals surface area contributed by atoms with E-state index in [1.54, 1.807) is 24.4 Å². The number of nitrogens with one attached hydrogen (secondary N) is 2. The van der Waals surface area contributed by atoms with Crippen LogP contribution in [-0.4, -0.2) is 37.6 Å². The molecule has 198 valence electrons. The largest absolute Gasteiger partial charge is 0.432 e. The van der Waals surface area contributed by atoms with Crippen molar-refractivity contribution in [3.05, 3.63) is 76.2 Å². The Bertz CT molecular complexity index is 1750. The zero-order valence-corrected chi connectivity index (χ0v) is 23.0. The predicted octanol–water partition coefficient (Wildman–Crippen LogP) is 7.08. The van der Waals surface area contributed by atoms with Gasteiger partial charge < -0.3 is 14.8 Å². The van der Waals surface area contributed by atoms with Gasteiger partial charge in [0.15, 0.2) is 5.76 Å². The van der Waals surface area contributed by atoms with Crippen molar-refractivity contribution in [1.82, 2.24) is 15.2 Å². The number of hydrogen-bond donors (Lipinski definition) is 3. The van der Waals surface area contributed by atoms with E-state index in [2.05, 4.69) is 15.5 Å². The maximum absolute atomic E-state index is 13.1.